The molecule has 0 spiro atoms. The Balaban J connectivity index is 2.11. The average molecular weight is 220 g/mol. The average Bonchev–Trinajstić information content (AvgIpc) is 3.13. The Kier molecular flexibility index (Phi) is 3.59. The van der Waals surface area contributed by atoms with Crippen LogP contribution in [0.25, 0.3) is 0 Å². The molecule has 1 atom stereocenters. The number of hydrazine groups is 1. The van der Waals surface area contributed by atoms with Crippen molar-refractivity contribution in [2.45, 2.75) is 31.2 Å². The van der Waals surface area contributed by atoms with E-state index in [4.69, 9.17) is 10.6 Å². The van der Waals surface area contributed by atoms with E-state index in [1.165, 1.54) is 18.4 Å². The molecule has 0 amide bonds. The molecule has 16 heavy (non-hydrogen) atoms. The van der Waals surface area contributed by atoms with Crippen LogP contribution >= 0.6 is 0 Å². The van der Waals surface area contributed by atoms with Gasteiger partial charge in [0.25, 0.3) is 0 Å². The van der Waals surface area contributed by atoms with Crippen LogP contribution < -0.4 is 11.3 Å². The van der Waals surface area contributed by atoms with E-state index in [0.29, 0.717) is 6.61 Å². The summed E-state index contributed by atoms with van der Waals surface area (Å²) in [6, 6.07) is 10.8. The molecule has 0 saturated heterocycles. The van der Waals surface area contributed by atoms with Gasteiger partial charge in [-0.25, -0.2) is 0 Å². The van der Waals surface area contributed by atoms with Gasteiger partial charge in [-0.2, -0.15) is 0 Å². The molecule has 0 aromatic heterocycles. The maximum atomic E-state index is 5.65. The van der Waals surface area contributed by atoms with Gasteiger partial charge in [-0.05, 0) is 25.3 Å². The highest BCUT2D eigenvalue weighted by Gasteiger charge is 2.50. The number of hydrogen-bond donors (Lipinski definition) is 2. The van der Waals surface area contributed by atoms with Crippen LogP contribution in [0.15, 0.2) is 30.3 Å². The predicted molar refractivity (Wildman–Crippen MR) is 65.0 cm³/mol. The van der Waals surface area contributed by atoms with Crippen molar-refractivity contribution in [3.63, 3.8) is 0 Å². The number of nitrogens with two attached hydrogens (primary N) is 1. The van der Waals surface area contributed by atoms with Gasteiger partial charge in [0, 0.05) is 12.0 Å². The molecule has 1 aliphatic carbocycles. The van der Waals surface area contributed by atoms with Gasteiger partial charge in [0.15, 0.2) is 0 Å². The van der Waals surface area contributed by atoms with Crippen LogP contribution in [0.1, 0.15) is 25.3 Å². The maximum Gasteiger partial charge on any atom is 0.0641 e. The minimum atomic E-state index is 0.200. The fourth-order valence-electron chi connectivity index (χ4n) is 2.35. The molecule has 88 valence electrons. The summed E-state index contributed by atoms with van der Waals surface area (Å²) in [5.74, 6) is 5.65. The monoisotopic (exact) mass is 220 g/mol. The second kappa shape index (κ2) is 4.95. The summed E-state index contributed by atoms with van der Waals surface area (Å²) in [5.41, 5.74) is 4.49. The van der Waals surface area contributed by atoms with Crippen LogP contribution in [-0.2, 0) is 10.2 Å². The molecule has 3 heteroatoms. The zero-order valence-electron chi connectivity index (χ0n) is 9.78. The van der Waals surface area contributed by atoms with Crippen molar-refractivity contribution in [3.05, 3.63) is 35.9 Å². The van der Waals surface area contributed by atoms with Crippen molar-refractivity contribution >= 4 is 0 Å². The third-order valence-electron chi connectivity index (χ3n) is 3.49. The molecule has 0 bridgehead atoms. The molecule has 1 unspecified atom stereocenters. The minimum Gasteiger partial charge on any atom is -0.380 e. The lowest BCUT2D eigenvalue weighted by atomic mass is 9.89. The van der Waals surface area contributed by atoms with Crippen molar-refractivity contribution in [2.24, 2.45) is 5.84 Å². The van der Waals surface area contributed by atoms with Gasteiger partial charge in [0.2, 0.25) is 0 Å². The molecule has 0 radical (unpaired) electrons. The Morgan fingerprint density at radius 3 is 2.56 bits per heavy atom. The van der Waals surface area contributed by atoms with Crippen LogP contribution in [0.4, 0.5) is 0 Å². The van der Waals surface area contributed by atoms with Gasteiger partial charge in [-0.3, -0.25) is 11.3 Å². The molecule has 1 saturated carbocycles. The van der Waals surface area contributed by atoms with Crippen molar-refractivity contribution in [1.29, 1.82) is 0 Å². The summed E-state index contributed by atoms with van der Waals surface area (Å²) in [6.45, 7) is 3.43. The first-order valence-corrected chi connectivity index (χ1v) is 5.93. The van der Waals surface area contributed by atoms with Crippen molar-refractivity contribution in [2.75, 3.05) is 13.2 Å². The van der Waals surface area contributed by atoms with Crippen molar-refractivity contribution < 1.29 is 4.74 Å². The molecule has 1 aromatic carbocycles. The van der Waals surface area contributed by atoms with E-state index in [1.54, 1.807) is 0 Å². The van der Waals surface area contributed by atoms with Gasteiger partial charge in [0.1, 0.15) is 0 Å². The Hall–Kier alpha value is -0.900. The van der Waals surface area contributed by atoms with Crippen molar-refractivity contribution in [3.8, 4) is 0 Å². The van der Waals surface area contributed by atoms with E-state index in [-0.39, 0.29) is 11.5 Å². The molecule has 1 aliphatic rings. The number of nitrogens with one attached hydrogen (secondary N) is 1. The second-order valence-corrected chi connectivity index (χ2v) is 4.40. The standard InChI is InChI=1S/C13H20N2O/c1-2-16-10-12(15-14)13(8-9-13)11-6-4-3-5-7-11/h3-7,12,15H,2,8-10,14H2,1H3. The summed E-state index contributed by atoms with van der Waals surface area (Å²) in [5, 5.41) is 0. The first-order chi connectivity index (χ1) is 7.83. The van der Waals surface area contributed by atoms with Crippen molar-refractivity contribution in [1.82, 2.24) is 5.43 Å². The molecule has 0 aliphatic heterocycles. The number of benzene rings is 1. The minimum absolute atomic E-state index is 0.200. The predicted octanol–water partition coefficient (Wildman–Crippen LogP) is 1.59. The van der Waals surface area contributed by atoms with Crippen LogP contribution in [0.3, 0.4) is 0 Å². The smallest absolute Gasteiger partial charge is 0.0641 e. The van der Waals surface area contributed by atoms with E-state index in [9.17, 15) is 0 Å². The maximum absolute atomic E-state index is 5.65. The molecule has 1 aromatic rings. The summed E-state index contributed by atoms with van der Waals surface area (Å²) in [6.07, 6.45) is 2.39. The lowest BCUT2D eigenvalue weighted by Crippen LogP contribution is -2.47. The topological polar surface area (TPSA) is 47.3 Å². The third kappa shape index (κ3) is 2.12. The quantitative estimate of drug-likeness (QED) is 0.565. The highest BCUT2D eigenvalue weighted by molar-refractivity contribution is 5.33. The van der Waals surface area contributed by atoms with E-state index in [2.05, 4.69) is 29.7 Å². The zero-order chi connectivity index (χ0) is 11.4. The summed E-state index contributed by atoms with van der Waals surface area (Å²) in [7, 11) is 0. The normalized spacial score (nSPS) is 19.4. The highest BCUT2D eigenvalue weighted by Crippen LogP contribution is 2.50. The molecule has 3 nitrogen and oxygen atoms in total. The third-order valence-corrected chi connectivity index (χ3v) is 3.49. The van der Waals surface area contributed by atoms with Gasteiger partial charge in [-0.15, -0.1) is 0 Å². The Morgan fingerprint density at radius 1 is 1.38 bits per heavy atom. The Morgan fingerprint density at radius 2 is 2.06 bits per heavy atom. The van der Waals surface area contributed by atoms with Crippen LogP contribution in [0.2, 0.25) is 0 Å². The lowest BCUT2D eigenvalue weighted by Gasteiger charge is -2.26. The van der Waals surface area contributed by atoms with E-state index < -0.39 is 0 Å². The number of rotatable bonds is 6. The molecule has 0 heterocycles. The fraction of sp³-hybridized carbons (Fsp3) is 0.538. The Bertz CT molecular complexity index is 322. The molecular weight excluding hydrogens is 200 g/mol. The molecule has 3 N–H and O–H groups in total. The van der Waals surface area contributed by atoms with Crippen LogP contribution in [0.5, 0.6) is 0 Å². The largest absolute Gasteiger partial charge is 0.380 e. The summed E-state index contributed by atoms with van der Waals surface area (Å²) in [4.78, 5) is 0. The van der Waals surface area contributed by atoms with Crippen LogP contribution in [0, 0.1) is 0 Å². The molecule has 2 rings (SSSR count). The fourth-order valence-corrected chi connectivity index (χ4v) is 2.35. The van der Waals surface area contributed by atoms with Gasteiger partial charge in [0.05, 0.1) is 12.6 Å². The highest BCUT2D eigenvalue weighted by atomic mass is 16.5. The van der Waals surface area contributed by atoms with Gasteiger partial charge < -0.3 is 4.74 Å². The lowest BCUT2D eigenvalue weighted by molar-refractivity contribution is 0.110. The SMILES string of the molecule is CCOCC(NN)C1(c2ccccc2)CC1. The van der Waals surface area contributed by atoms with Crippen LogP contribution in [-0.4, -0.2) is 19.3 Å². The van der Waals surface area contributed by atoms with E-state index in [1.807, 2.05) is 13.0 Å². The van der Waals surface area contributed by atoms with Gasteiger partial charge >= 0.3 is 0 Å². The first kappa shape index (κ1) is 11.6. The second-order valence-electron chi connectivity index (χ2n) is 4.40. The van der Waals surface area contributed by atoms with E-state index in [0.717, 1.165) is 6.61 Å². The Labute approximate surface area is 97.0 Å². The first-order valence-electron chi connectivity index (χ1n) is 5.93. The number of ether oxygens (including phenoxy) is 1. The van der Waals surface area contributed by atoms with E-state index >= 15 is 0 Å². The molecular formula is C13H20N2O. The van der Waals surface area contributed by atoms with Gasteiger partial charge in [-0.1, -0.05) is 30.3 Å². The summed E-state index contributed by atoms with van der Waals surface area (Å²) >= 11 is 0. The number of hydrogen-bond acceptors (Lipinski definition) is 3. The zero-order valence-corrected chi connectivity index (χ0v) is 9.78. The molecule has 1 fully saturated rings. The summed E-state index contributed by atoms with van der Waals surface area (Å²) < 4.78 is 5.49.